The number of rotatable bonds is 1. The van der Waals surface area contributed by atoms with Crippen molar-refractivity contribution < 1.29 is 8.42 Å². The molecular formula is C9H9N3O2S. The Balaban J connectivity index is 2.35. The van der Waals surface area contributed by atoms with E-state index in [9.17, 15) is 8.42 Å². The van der Waals surface area contributed by atoms with Gasteiger partial charge < -0.3 is 0 Å². The van der Waals surface area contributed by atoms with Crippen LogP contribution in [0.3, 0.4) is 0 Å². The summed E-state index contributed by atoms with van der Waals surface area (Å²) in [5.41, 5.74) is 1.10. The van der Waals surface area contributed by atoms with Crippen molar-refractivity contribution in [3.05, 3.63) is 29.8 Å². The minimum absolute atomic E-state index is 0.419. The van der Waals surface area contributed by atoms with Crippen LogP contribution in [0, 0.1) is 11.3 Å². The van der Waals surface area contributed by atoms with E-state index in [4.69, 9.17) is 5.26 Å². The van der Waals surface area contributed by atoms with E-state index in [0.29, 0.717) is 24.3 Å². The molecule has 0 amide bonds. The summed E-state index contributed by atoms with van der Waals surface area (Å²) in [7, 11) is -3.36. The highest BCUT2D eigenvalue weighted by Gasteiger charge is 2.27. The fourth-order valence-corrected chi connectivity index (χ4v) is 2.68. The molecule has 0 atom stereocenters. The van der Waals surface area contributed by atoms with Gasteiger partial charge in [0.25, 0.3) is 0 Å². The first kappa shape index (κ1) is 9.96. The Morgan fingerprint density at radius 2 is 2.00 bits per heavy atom. The monoisotopic (exact) mass is 223 g/mol. The van der Waals surface area contributed by atoms with Crippen LogP contribution in [0.4, 0.5) is 5.69 Å². The second-order valence-corrected chi connectivity index (χ2v) is 4.81. The summed E-state index contributed by atoms with van der Waals surface area (Å²) in [5.74, 6) is 0. The molecule has 0 radical (unpaired) electrons. The smallest absolute Gasteiger partial charge is 0.257 e. The minimum atomic E-state index is -3.36. The molecule has 1 N–H and O–H groups in total. The van der Waals surface area contributed by atoms with Crippen LogP contribution < -0.4 is 9.03 Å². The molecule has 0 spiro atoms. The summed E-state index contributed by atoms with van der Waals surface area (Å²) in [6, 6.07) is 8.44. The lowest BCUT2D eigenvalue weighted by Crippen LogP contribution is -2.29. The number of hydrogen-bond acceptors (Lipinski definition) is 3. The molecule has 1 aromatic rings. The van der Waals surface area contributed by atoms with Gasteiger partial charge in [-0.1, -0.05) is 0 Å². The summed E-state index contributed by atoms with van der Waals surface area (Å²) in [6.45, 7) is 0.844. The molecule has 0 aliphatic carbocycles. The molecule has 5 nitrogen and oxygen atoms in total. The quantitative estimate of drug-likeness (QED) is 0.739. The van der Waals surface area contributed by atoms with E-state index >= 15 is 0 Å². The maximum absolute atomic E-state index is 11.5. The van der Waals surface area contributed by atoms with E-state index in [1.807, 2.05) is 6.07 Å². The zero-order chi connectivity index (χ0) is 10.9. The van der Waals surface area contributed by atoms with Crippen LogP contribution in [-0.2, 0) is 10.2 Å². The lowest BCUT2D eigenvalue weighted by molar-refractivity contribution is 0.592. The zero-order valence-electron chi connectivity index (χ0n) is 7.84. The molecule has 0 bridgehead atoms. The maximum Gasteiger partial charge on any atom is 0.301 e. The van der Waals surface area contributed by atoms with E-state index in [1.165, 1.54) is 4.31 Å². The second-order valence-electron chi connectivity index (χ2n) is 3.13. The molecule has 0 saturated carbocycles. The Morgan fingerprint density at radius 1 is 1.33 bits per heavy atom. The van der Waals surface area contributed by atoms with Crippen LogP contribution in [-0.4, -0.2) is 21.5 Å². The van der Waals surface area contributed by atoms with Gasteiger partial charge in [0.05, 0.1) is 17.3 Å². The number of nitrogens with one attached hydrogen (secondary N) is 1. The van der Waals surface area contributed by atoms with Crippen molar-refractivity contribution in [3.8, 4) is 6.07 Å². The van der Waals surface area contributed by atoms with Gasteiger partial charge in [0.15, 0.2) is 0 Å². The molecule has 1 fully saturated rings. The number of hydrogen-bond donors (Lipinski definition) is 1. The SMILES string of the molecule is N#Cc1ccc(N2CCNS2(=O)=O)cc1. The molecule has 1 heterocycles. The molecule has 15 heavy (non-hydrogen) atoms. The van der Waals surface area contributed by atoms with Gasteiger partial charge in [-0.15, -0.1) is 0 Å². The highest BCUT2D eigenvalue weighted by Crippen LogP contribution is 2.19. The summed E-state index contributed by atoms with van der Waals surface area (Å²) < 4.78 is 26.6. The molecule has 0 unspecified atom stereocenters. The van der Waals surface area contributed by atoms with Crippen molar-refractivity contribution in [2.75, 3.05) is 17.4 Å². The second kappa shape index (κ2) is 3.53. The maximum atomic E-state index is 11.5. The lowest BCUT2D eigenvalue weighted by atomic mass is 10.2. The van der Waals surface area contributed by atoms with E-state index in [-0.39, 0.29) is 0 Å². The number of benzene rings is 1. The Labute approximate surface area is 88.1 Å². The van der Waals surface area contributed by atoms with E-state index in [1.54, 1.807) is 24.3 Å². The molecule has 1 saturated heterocycles. The topological polar surface area (TPSA) is 73.2 Å². The van der Waals surface area contributed by atoms with Crippen molar-refractivity contribution in [2.24, 2.45) is 0 Å². The summed E-state index contributed by atoms with van der Waals surface area (Å²) in [5, 5.41) is 8.60. The standard InChI is InChI=1S/C9H9N3O2S/c10-7-8-1-3-9(4-2-8)12-6-5-11-15(12,13)14/h1-4,11H,5-6H2. The molecular weight excluding hydrogens is 214 g/mol. The Kier molecular flexibility index (Phi) is 2.34. The van der Waals surface area contributed by atoms with E-state index in [0.717, 1.165) is 0 Å². The third-order valence-electron chi connectivity index (χ3n) is 2.17. The molecule has 1 aliphatic heterocycles. The van der Waals surface area contributed by atoms with Gasteiger partial charge in [0.2, 0.25) is 0 Å². The molecule has 1 aromatic carbocycles. The van der Waals surface area contributed by atoms with Gasteiger partial charge in [-0.25, -0.2) is 0 Å². The summed E-state index contributed by atoms with van der Waals surface area (Å²) >= 11 is 0. The predicted octanol–water partition coefficient (Wildman–Crippen LogP) is 0.213. The molecule has 2 rings (SSSR count). The van der Waals surface area contributed by atoms with Crippen LogP contribution >= 0.6 is 0 Å². The Hall–Kier alpha value is -1.58. The van der Waals surface area contributed by atoms with Crippen molar-refractivity contribution in [1.82, 2.24) is 4.72 Å². The fourth-order valence-electron chi connectivity index (χ4n) is 1.44. The highest BCUT2D eigenvalue weighted by molar-refractivity contribution is 7.91. The third kappa shape index (κ3) is 1.79. The van der Waals surface area contributed by atoms with Crippen LogP contribution in [0.5, 0.6) is 0 Å². The summed E-state index contributed by atoms with van der Waals surface area (Å²) in [6.07, 6.45) is 0. The van der Waals surface area contributed by atoms with Gasteiger partial charge in [0, 0.05) is 13.1 Å². The van der Waals surface area contributed by atoms with Gasteiger partial charge in [0.1, 0.15) is 0 Å². The third-order valence-corrected chi connectivity index (χ3v) is 3.72. The average molecular weight is 223 g/mol. The first-order chi connectivity index (χ1) is 7.13. The largest absolute Gasteiger partial charge is 0.301 e. The average Bonchev–Trinajstić information content (AvgIpc) is 2.58. The Morgan fingerprint density at radius 3 is 2.47 bits per heavy atom. The zero-order valence-corrected chi connectivity index (χ0v) is 8.66. The molecule has 0 aromatic heterocycles. The van der Waals surface area contributed by atoms with Gasteiger partial charge in [-0.3, -0.25) is 4.31 Å². The number of nitrogens with zero attached hydrogens (tertiary/aromatic N) is 2. The van der Waals surface area contributed by atoms with Gasteiger partial charge >= 0.3 is 10.2 Å². The Bertz CT molecular complexity index is 501. The van der Waals surface area contributed by atoms with Gasteiger partial charge in [-0.05, 0) is 24.3 Å². The van der Waals surface area contributed by atoms with Crippen LogP contribution in [0.1, 0.15) is 5.56 Å². The van der Waals surface area contributed by atoms with Crippen LogP contribution in [0.25, 0.3) is 0 Å². The van der Waals surface area contributed by atoms with Crippen molar-refractivity contribution >= 4 is 15.9 Å². The number of nitriles is 1. The first-order valence-electron chi connectivity index (χ1n) is 4.41. The molecule has 78 valence electrons. The van der Waals surface area contributed by atoms with Gasteiger partial charge in [-0.2, -0.15) is 18.4 Å². The van der Waals surface area contributed by atoms with Crippen molar-refractivity contribution in [3.63, 3.8) is 0 Å². The van der Waals surface area contributed by atoms with E-state index in [2.05, 4.69) is 4.72 Å². The normalized spacial score (nSPS) is 18.7. The first-order valence-corrected chi connectivity index (χ1v) is 5.85. The van der Waals surface area contributed by atoms with Crippen molar-refractivity contribution in [2.45, 2.75) is 0 Å². The van der Waals surface area contributed by atoms with Crippen LogP contribution in [0.15, 0.2) is 24.3 Å². The van der Waals surface area contributed by atoms with E-state index < -0.39 is 10.2 Å². The summed E-state index contributed by atoms with van der Waals surface area (Å²) in [4.78, 5) is 0. The predicted molar refractivity (Wildman–Crippen MR) is 55.4 cm³/mol. The van der Waals surface area contributed by atoms with Crippen molar-refractivity contribution in [1.29, 1.82) is 5.26 Å². The minimum Gasteiger partial charge on any atom is -0.257 e. The molecule has 6 heteroatoms. The lowest BCUT2D eigenvalue weighted by Gasteiger charge is -2.15. The number of anilines is 1. The highest BCUT2D eigenvalue weighted by atomic mass is 32.2. The molecule has 1 aliphatic rings. The van der Waals surface area contributed by atoms with Crippen LogP contribution in [0.2, 0.25) is 0 Å². The fraction of sp³-hybridized carbons (Fsp3) is 0.222.